The molecule has 3 aromatic rings. The second kappa shape index (κ2) is 10.2. The van der Waals surface area contributed by atoms with Gasteiger partial charge in [0, 0.05) is 11.1 Å². The number of halogens is 2. The van der Waals surface area contributed by atoms with Crippen molar-refractivity contribution in [3.05, 3.63) is 89.2 Å². The van der Waals surface area contributed by atoms with E-state index in [2.05, 4.69) is 10.6 Å². The molecule has 160 valence electrons. The fraction of sp³-hybridized carbons (Fsp3) is 0.0455. The number of para-hydroxylation sites is 2. The van der Waals surface area contributed by atoms with Crippen LogP contribution in [0.5, 0.6) is 5.75 Å². The molecule has 9 heteroatoms. The number of carbonyl (C=O) groups is 2. The Bertz CT molecular complexity index is 1120. The summed E-state index contributed by atoms with van der Waals surface area (Å²) in [6.45, 7) is 0. The van der Waals surface area contributed by atoms with E-state index >= 15 is 0 Å². The summed E-state index contributed by atoms with van der Waals surface area (Å²) in [5.41, 5.74) is 6.36. The number of nitrogens with two attached hydrogens (primary N) is 1. The Kier molecular flexibility index (Phi) is 7.70. The molecule has 3 aromatic carbocycles. The number of carbonyl (C=O) groups excluding carboxylic acids is 2. The highest BCUT2D eigenvalue weighted by Crippen LogP contribution is 2.23. The van der Waals surface area contributed by atoms with Crippen LogP contribution in [0.1, 0.15) is 26.3 Å². The minimum absolute atomic E-state index is 0. The second-order valence-corrected chi connectivity index (χ2v) is 6.29. The molecule has 0 spiro atoms. The zero-order valence-corrected chi connectivity index (χ0v) is 17.3. The number of amides is 2. The zero-order chi connectivity index (χ0) is 21.7. The maximum atomic E-state index is 14.3. The number of nitrogens with one attached hydrogen (secondary N) is 3. The highest BCUT2D eigenvalue weighted by Gasteiger charge is 2.16. The summed E-state index contributed by atoms with van der Waals surface area (Å²) in [5, 5.41) is 12.7. The molecule has 0 aromatic heterocycles. The van der Waals surface area contributed by atoms with Crippen molar-refractivity contribution in [1.29, 1.82) is 5.41 Å². The molecular formula is C22H20ClFN4O3. The fourth-order valence-corrected chi connectivity index (χ4v) is 2.69. The van der Waals surface area contributed by atoms with E-state index in [1.54, 1.807) is 48.5 Å². The summed E-state index contributed by atoms with van der Waals surface area (Å²) in [7, 11) is 1.53. The highest BCUT2D eigenvalue weighted by molar-refractivity contribution is 6.10. The molecule has 0 fully saturated rings. The van der Waals surface area contributed by atoms with E-state index in [1.807, 2.05) is 0 Å². The minimum atomic E-state index is -0.806. The summed E-state index contributed by atoms with van der Waals surface area (Å²) < 4.78 is 19.3. The molecular weight excluding hydrogens is 423 g/mol. The molecule has 3 rings (SSSR count). The normalized spacial score (nSPS) is 9.87. The topological polar surface area (TPSA) is 117 Å². The van der Waals surface area contributed by atoms with Crippen LogP contribution in [0.15, 0.2) is 66.7 Å². The van der Waals surface area contributed by atoms with Gasteiger partial charge < -0.3 is 21.1 Å². The van der Waals surface area contributed by atoms with Crippen LogP contribution in [0.2, 0.25) is 0 Å². The molecule has 0 bridgehead atoms. The first-order valence-corrected chi connectivity index (χ1v) is 8.89. The molecule has 0 saturated carbocycles. The molecule has 0 aliphatic carbocycles. The maximum Gasteiger partial charge on any atom is 0.258 e. The van der Waals surface area contributed by atoms with Crippen molar-refractivity contribution in [3.63, 3.8) is 0 Å². The van der Waals surface area contributed by atoms with Crippen LogP contribution in [-0.2, 0) is 0 Å². The number of rotatable bonds is 6. The second-order valence-electron chi connectivity index (χ2n) is 6.29. The third-order valence-corrected chi connectivity index (χ3v) is 4.30. The molecule has 0 aliphatic heterocycles. The molecule has 31 heavy (non-hydrogen) atoms. The Hall–Kier alpha value is -3.91. The van der Waals surface area contributed by atoms with Crippen LogP contribution < -0.4 is 21.1 Å². The number of benzene rings is 3. The van der Waals surface area contributed by atoms with Gasteiger partial charge in [0.05, 0.1) is 24.0 Å². The Morgan fingerprint density at radius 1 is 0.903 bits per heavy atom. The van der Waals surface area contributed by atoms with E-state index in [-0.39, 0.29) is 35.3 Å². The number of anilines is 2. The van der Waals surface area contributed by atoms with Crippen LogP contribution in [0.3, 0.4) is 0 Å². The first kappa shape index (κ1) is 23.4. The molecule has 2 amide bonds. The van der Waals surface area contributed by atoms with E-state index in [1.165, 1.54) is 19.2 Å². The molecule has 0 heterocycles. The van der Waals surface area contributed by atoms with Gasteiger partial charge in [-0.2, -0.15) is 0 Å². The first-order valence-electron chi connectivity index (χ1n) is 8.89. The van der Waals surface area contributed by atoms with Crippen LogP contribution in [0.4, 0.5) is 15.8 Å². The Balaban J connectivity index is 0.00000341. The van der Waals surface area contributed by atoms with Gasteiger partial charge in [-0.1, -0.05) is 18.2 Å². The SMILES string of the molecule is COc1ccc(C(=O)Nc2ccccc2NC(=O)c2ccc(C(=N)N)cc2F)cc1.Cl. The molecule has 0 atom stereocenters. The lowest BCUT2D eigenvalue weighted by molar-refractivity contribution is 0.101. The van der Waals surface area contributed by atoms with Gasteiger partial charge in [0.2, 0.25) is 0 Å². The van der Waals surface area contributed by atoms with Crippen molar-refractivity contribution in [3.8, 4) is 5.75 Å². The van der Waals surface area contributed by atoms with Gasteiger partial charge in [-0.05, 0) is 48.5 Å². The van der Waals surface area contributed by atoms with Crippen molar-refractivity contribution in [2.45, 2.75) is 0 Å². The molecule has 7 nitrogen and oxygen atoms in total. The van der Waals surface area contributed by atoms with Crippen LogP contribution in [0.25, 0.3) is 0 Å². The Labute approximate surface area is 184 Å². The fourth-order valence-electron chi connectivity index (χ4n) is 2.69. The van der Waals surface area contributed by atoms with Gasteiger partial charge in [0.1, 0.15) is 17.4 Å². The third-order valence-electron chi connectivity index (χ3n) is 4.30. The Morgan fingerprint density at radius 3 is 1.97 bits per heavy atom. The standard InChI is InChI=1S/C22H19FN4O3.ClH/c1-30-15-9-6-13(7-10-15)21(28)26-18-4-2-3-5-19(18)27-22(29)16-11-8-14(20(24)25)12-17(16)23;/h2-12H,1H3,(H3,24,25)(H,26,28)(H,27,29);1H. The lowest BCUT2D eigenvalue weighted by Gasteiger charge is -2.13. The van der Waals surface area contributed by atoms with Gasteiger partial charge in [0.15, 0.2) is 0 Å². The average Bonchev–Trinajstić information content (AvgIpc) is 2.74. The predicted molar refractivity (Wildman–Crippen MR) is 120 cm³/mol. The van der Waals surface area contributed by atoms with E-state index in [4.69, 9.17) is 15.9 Å². The average molecular weight is 443 g/mol. The summed E-state index contributed by atoms with van der Waals surface area (Å²) in [6, 6.07) is 16.8. The maximum absolute atomic E-state index is 14.3. The number of hydrogen-bond donors (Lipinski definition) is 4. The lowest BCUT2D eigenvalue weighted by Crippen LogP contribution is -2.18. The van der Waals surface area contributed by atoms with Crippen molar-refractivity contribution in [1.82, 2.24) is 0 Å². The van der Waals surface area contributed by atoms with Crippen LogP contribution in [-0.4, -0.2) is 24.8 Å². The van der Waals surface area contributed by atoms with Crippen LogP contribution >= 0.6 is 12.4 Å². The van der Waals surface area contributed by atoms with E-state index in [0.717, 1.165) is 6.07 Å². The third kappa shape index (κ3) is 5.58. The zero-order valence-electron chi connectivity index (χ0n) is 16.4. The first-order chi connectivity index (χ1) is 14.4. The smallest absolute Gasteiger partial charge is 0.258 e. The van der Waals surface area contributed by atoms with Crippen LogP contribution in [0, 0.1) is 11.2 Å². The number of hydrogen-bond acceptors (Lipinski definition) is 4. The van der Waals surface area contributed by atoms with Crippen molar-refractivity contribution in [2.24, 2.45) is 5.73 Å². The van der Waals surface area contributed by atoms with Gasteiger partial charge in [-0.3, -0.25) is 15.0 Å². The Morgan fingerprint density at radius 2 is 1.45 bits per heavy atom. The van der Waals surface area contributed by atoms with Crippen molar-refractivity contribution < 1.29 is 18.7 Å². The summed E-state index contributed by atoms with van der Waals surface area (Å²) in [6.07, 6.45) is 0. The molecule has 0 saturated heterocycles. The predicted octanol–water partition coefficient (Wildman–Crippen LogP) is 4.04. The minimum Gasteiger partial charge on any atom is -0.497 e. The molecule has 0 radical (unpaired) electrons. The molecule has 5 N–H and O–H groups in total. The van der Waals surface area contributed by atoms with Gasteiger partial charge in [-0.15, -0.1) is 12.4 Å². The van der Waals surface area contributed by atoms with Crippen molar-refractivity contribution >= 4 is 41.4 Å². The van der Waals surface area contributed by atoms with E-state index in [9.17, 15) is 14.0 Å². The van der Waals surface area contributed by atoms with E-state index < -0.39 is 11.7 Å². The number of nitrogen functional groups attached to an aromatic ring is 1. The number of ether oxygens (including phenoxy) is 1. The van der Waals surface area contributed by atoms with Gasteiger partial charge in [0.25, 0.3) is 11.8 Å². The van der Waals surface area contributed by atoms with Gasteiger partial charge in [-0.25, -0.2) is 4.39 Å². The lowest BCUT2D eigenvalue weighted by atomic mass is 10.1. The largest absolute Gasteiger partial charge is 0.497 e. The monoisotopic (exact) mass is 442 g/mol. The van der Waals surface area contributed by atoms with Crippen molar-refractivity contribution in [2.75, 3.05) is 17.7 Å². The highest BCUT2D eigenvalue weighted by atomic mass is 35.5. The summed E-state index contributed by atoms with van der Waals surface area (Å²) in [4.78, 5) is 25.1. The number of amidine groups is 1. The molecule has 0 aliphatic rings. The number of methoxy groups -OCH3 is 1. The summed E-state index contributed by atoms with van der Waals surface area (Å²) in [5.74, 6) is -1.56. The van der Waals surface area contributed by atoms with E-state index in [0.29, 0.717) is 22.7 Å². The van der Waals surface area contributed by atoms with Gasteiger partial charge >= 0.3 is 0 Å². The quantitative estimate of drug-likeness (QED) is 0.340. The summed E-state index contributed by atoms with van der Waals surface area (Å²) >= 11 is 0. The molecule has 0 unspecified atom stereocenters.